The van der Waals surface area contributed by atoms with Crippen LogP contribution in [-0.2, 0) is 16.2 Å². The van der Waals surface area contributed by atoms with Crippen molar-refractivity contribution >= 4 is 16.0 Å². The number of aromatic carboxylic acids is 1. The molecule has 0 bridgehead atoms. The summed E-state index contributed by atoms with van der Waals surface area (Å²) in [6, 6.07) is 6.96. The molecule has 0 unspecified atom stereocenters. The number of carboxylic acid groups (broad SMARTS) is 1. The highest BCUT2D eigenvalue weighted by atomic mass is 32.2. The van der Waals surface area contributed by atoms with Gasteiger partial charge in [-0.3, -0.25) is 0 Å². The second-order valence-corrected chi connectivity index (χ2v) is 8.01. The molecule has 2 N–H and O–H groups in total. The number of nitrogens with zero attached hydrogens (tertiary/aromatic N) is 1. The summed E-state index contributed by atoms with van der Waals surface area (Å²) in [5.74, 6) is -1.57. The van der Waals surface area contributed by atoms with E-state index >= 15 is 0 Å². The van der Waals surface area contributed by atoms with Crippen molar-refractivity contribution in [1.29, 1.82) is 0 Å². The quantitative estimate of drug-likeness (QED) is 0.729. The lowest BCUT2D eigenvalue weighted by molar-refractivity contribution is -0.137. The van der Waals surface area contributed by atoms with Crippen molar-refractivity contribution in [2.75, 3.05) is 13.1 Å². The predicted octanol–water partition coefficient (Wildman–Crippen LogP) is 3.49. The third kappa shape index (κ3) is 5.05. The lowest BCUT2D eigenvalue weighted by Gasteiger charge is -2.18. The molecule has 0 radical (unpaired) electrons. The Morgan fingerprint density at radius 3 is 2.24 bits per heavy atom. The van der Waals surface area contributed by atoms with Crippen molar-refractivity contribution < 1.29 is 36.2 Å². The minimum atomic E-state index is -4.52. The smallest absolute Gasteiger partial charge is 0.416 e. The van der Waals surface area contributed by atoms with E-state index in [1.807, 2.05) is 0 Å². The number of hydrogen-bond donors (Lipinski definition) is 2. The molecule has 1 aliphatic heterocycles. The molecule has 2 aromatic carbocycles. The van der Waals surface area contributed by atoms with Crippen molar-refractivity contribution in [3.05, 3.63) is 53.6 Å². The van der Waals surface area contributed by atoms with Crippen LogP contribution in [0.1, 0.15) is 28.8 Å². The van der Waals surface area contributed by atoms with Gasteiger partial charge in [0.25, 0.3) is 10.0 Å². The average Bonchev–Trinajstić information content (AvgIpc) is 3.13. The molecule has 0 amide bonds. The molecule has 29 heavy (non-hydrogen) atoms. The molecule has 1 fully saturated rings. The molecule has 1 aliphatic rings. The molecule has 3 rings (SSSR count). The number of hydrazine groups is 1. The van der Waals surface area contributed by atoms with Crippen LogP contribution < -0.4 is 9.57 Å². The molecule has 0 aliphatic carbocycles. The van der Waals surface area contributed by atoms with E-state index < -0.39 is 32.6 Å². The molecule has 0 saturated carbocycles. The van der Waals surface area contributed by atoms with E-state index in [1.165, 1.54) is 5.01 Å². The van der Waals surface area contributed by atoms with Crippen LogP contribution in [0.25, 0.3) is 0 Å². The fourth-order valence-corrected chi connectivity index (χ4v) is 4.08. The molecule has 0 atom stereocenters. The van der Waals surface area contributed by atoms with E-state index in [2.05, 4.69) is 4.83 Å². The maximum atomic E-state index is 12.8. The Bertz CT molecular complexity index is 1000. The topological polar surface area (TPSA) is 95.9 Å². The lowest BCUT2D eigenvalue weighted by Crippen LogP contribution is -2.40. The number of sulfonamides is 1. The van der Waals surface area contributed by atoms with Crippen molar-refractivity contribution in [2.45, 2.75) is 23.9 Å². The number of alkyl halides is 3. The van der Waals surface area contributed by atoms with Gasteiger partial charge in [0.15, 0.2) is 0 Å². The Hall–Kier alpha value is -2.63. The zero-order valence-electron chi connectivity index (χ0n) is 14.9. The lowest BCUT2D eigenvalue weighted by atomic mass is 10.2. The first-order chi connectivity index (χ1) is 13.6. The van der Waals surface area contributed by atoms with Crippen LogP contribution in [-0.4, -0.2) is 37.6 Å². The van der Waals surface area contributed by atoms with Crippen LogP contribution in [0, 0.1) is 0 Å². The Morgan fingerprint density at radius 2 is 1.69 bits per heavy atom. The Balaban J connectivity index is 1.94. The van der Waals surface area contributed by atoms with E-state index in [1.54, 1.807) is 0 Å². The monoisotopic (exact) mass is 430 g/mol. The maximum Gasteiger partial charge on any atom is 0.416 e. The summed E-state index contributed by atoms with van der Waals surface area (Å²) in [4.78, 5) is 13.2. The van der Waals surface area contributed by atoms with Crippen LogP contribution in [0.5, 0.6) is 11.5 Å². The number of benzene rings is 2. The molecule has 1 heterocycles. The standard InChI is InChI=1S/C18H17F3N2O5S/c19-18(20,21)13-4-6-14(7-5-13)28-15-8-3-12(17(24)25)11-16(15)29(26,27)22-23-9-1-2-10-23/h3-8,11,22H,1-2,9-10H2,(H,24,25). The first-order valence-corrected chi connectivity index (χ1v) is 10.0. The second-order valence-electron chi connectivity index (χ2n) is 6.38. The molecular formula is C18H17F3N2O5S. The van der Waals surface area contributed by atoms with Crippen LogP contribution in [0.15, 0.2) is 47.4 Å². The fraction of sp³-hybridized carbons (Fsp3) is 0.278. The van der Waals surface area contributed by atoms with Gasteiger partial charge in [0, 0.05) is 13.1 Å². The number of rotatable bonds is 6. The summed E-state index contributed by atoms with van der Waals surface area (Å²) < 4.78 is 69.1. The van der Waals surface area contributed by atoms with E-state index in [4.69, 9.17) is 4.74 Å². The van der Waals surface area contributed by atoms with Crippen molar-refractivity contribution in [1.82, 2.24) is 9.84 Å². The van der Waals surface area contributed by atoms with Gasteiger partial charge in [-0.05, 0) is 55.3 Å². The summed E-state index contributed by atoms with van der Waals surface area (Å²) in [6.07, 6.45) is -2.89. The molecule has 11 heteroatoms. The van der Waals surface area contributed by atoms with Gasteiger partial charge in [-0.25, -0.2) is 18.2 Å². The van der Waals surface area contributed by atoms with Crippen LogP contribution in [0.3, 0.4) is 0 Å². The van der Waals surface area contributed by atoms with Gasteiger partial charge in [-0.2, -0.15) is 13.2 Å². The molecule has 1 saturated heterocycles. The second kappa shape index (κ2) is 8.01. The number of carbonyl (C=O) groups is 1. The number of ether oxygens (including phenoxy) is 1. The van der Waals surface area contributed by atoms with Crippen molar-refractivity contribution in [2.24, 2.45) is 0 Å². The average molecular weight is 430 g/mol. The van der Waals surface area contributed by atoms with Gasteiger partial charge < -0.3 is 9.84 Å². The Morgan fingerprint density at radius 1 is 1.07 bits per heavy atom. The normalized spacial score (nSPS) is 15.4. The summed E-state index contributed by atoms with van der Waals surface area (Å²) in [6.45, 7) is 1.01. The van der Waals surface area contributed by atoms with Gasteiger partial charge >= 0.3 is 12.1 Å². The van der Waals surface area contributed by atoms with E-state index in [0.717, 1.165) is 55.3 Å². The predicted molar refractivity (Wildman–Crippen MR) is 96.0 cm³/mol. The fourth-order valence-electron chi connectivity index (χ4n) is 2.80. The van der Waals surface area contributed by atoms with E-state index in [0.29, 0.717) is 13.1 Å². The first kappa shape index (κ1) is 21.1. The molecule has 0 aromatic heterocycles. The number of halogens is 3. The van der Waals surface area contributed by atoms with Crippen LogP contribution >= 0.6 is 0 Å². The Labute approximate surface area is 164 Å². The molecule has 156 valence electrons. The molecule has 2 aromatic rings. The van der Waals surface area contributed by atoms with E-state index in [9.17, 15) is 31.5 Å². The maximum absolute atomic E-state index is 12.8. The van der Waals surface area contributed by atoms with Gasteiger partial charge in [0.1, 0.15) is 16.4 Å². The summed E-state index contributed by atoms with van der Waals surface area (Å²) in [5, 5.41) is 10.7. The molecular weight excluding hydrogens is 413 g/mol. The first-order valence-electron chi connectivity index (χ1n) is 8.56. The van der Waals surface area contributed by atoms with Gasteiger partial charge in [-0.1, -0.05) is 0 Å². The molecule has 7 nitrogen and oxygen atoms in total. The highest BCUT2D eigenvalue weighted by molar-refractivity contribution is 7.89. The third-order valence-electron chi connectivity index (χ3n) is 4.24. The van der Waals surface area contributed by atoms with Gasteiger partial charge in [-0.15, -0.1) is 4.83 Å². The summed E-state index contributed by atoms with van der Waals surface area (Å²) >= 11 is 0. The number of hydrogen-bond acceptors (Lipinski definition) is 5. The van der Waals surface area contributed by atoms with Gasteiger partial charge in [0.2, 0.25) is 0 Å². The van der Waals surface area contributed by atoms with Crippen LogP contribution in [0.2, 0.25) is 0 Å². The SMILES string of the molecule is O=C(O)c1ccc(Oc2ccc(C(F)(F)F)cc2)c(S(=O)(=O)NN2CCCC2)c1. The number of nitrogens with one attached hydrogen (secondary N) is 1. The van der Waals surface area contributed by atoms with Gasteiger partial charge in [0.05, 0.1) is 11.1 Å². The highest BCUT2D eigenvalue weighted by Crippen LogP contribution is 2.33. The molecule has 0 spiro atoms. The zero-order chi connectivity index (χ0) is 21.2. The summed E-state index contributed by atoms with van der Waals surface area (Å²) in [7, 11) is -4.17. The van der Waals surface area contributed by atoms with Crippen LogP contribution in [0.4, 0.5) is 13.2 Å². The largest absolute Gasteiger partial charge is 0.478 e. The zero-order valence-corrected chi connectivity index (χ0v) is 15.8. The third-order valence-corrected chi connectivity index (χ3v) is 5.64. The van der Waals surface area contributed by atoms with Crippen molar-refractivity contribution in [3.63, 3.8) is 0 Å². The highest BCUT2D eigenvalue weighted by Gasteiger charge is 2.30. The van der Waals surface area contributed by atoms with E-state index in [-0.39, 0.29) is 17.1 Å². The summed E-state index contributed by atoms with van der Waals surface area (Å²) in [5.41, 5.74) is -1.15. The van der Waals surface area contributed by atoms with Crippen molar-refractivity contribution in [3.8, 4) is 11.5 Å². The minimum absolute atomic E-state index is 0.0290. The Kier molecular flexibility index (Phi) is 5.82. The number of carboxylic acids is 1. The minimum Gasteiger partial charge on any atom is -0.478 e.